The minimum Gasteiger partial charge on any atom is -0.309 e. The molecule has 0 unspecified atom stereocenters. The summed E-state index contributed by atoms with van der Waals surface area (Å²) in [6.45, 7) is 6.85. The van der Waals surface area contributed by atoms with Crippen LogP contribution in [0.15, 0.2) is 194 Å². The Balaban J connectivity index is 0.975. The van der Waals surface area contributed by atoms with Crippen LogP contribution in [0.2, 0.25) is 0 Å². The van der Waals surface area contributed by atoms with E-state index in [0.717, 1.165) is 34.0 Å². The molecule has 1 aliphatic rings. The molecule has 3 heteroatoms. The van der Waals surface area contributed by atoms with E-state index in [1.165, 1.54) is 71.5 Å². The van der Waals surface area contributed by atoms with Gasteiger partial charge in [-0.2, -0.15) is 0 Å². The smallest absolute Gasteiger partial charge is 0.0703 e. The molecule has 2 aromatic heterocycles. The number of hydrogen-bond donors (Lipinski definition) is 0. The van der Waals surface area contributed by atoms with Crippen LogP contribution in [0.25, 0.3) is 71.8 Å². The number of fused-ring (bicyclic) bond motifs is 7. The van der Waals surface area contributed by atoms with Gasteiger partial charge in [0.05, 0.1) is 28.6 Å². The molecule has 0 radical (unpaired) electrons. The van der Waals surface area contributed by atoms with E-state index < -0.39 is 0 Å². The van der Waals surface area contributed by atoms with Crippen molar-refractivity contribution >= 4 is 49.6 Å². The Bertz CT molecular complexity index is 3190. The molecule has 0 aliphatic heterocycles. The first kappa shape index (κ1) is 34.1. The number of pyridine rings is 1. The average Bonchev–Trinajstić information content (AvgIpc) is 3.71. The molecule has 11 rings (SSSR count). The van der Waals surface area contributed by atoms with Gasteiger partial charge in [0.2, 0.25) is 0 Å². The lowest BCUT2D eigenvalue weighted by Crippen LogP contribution is -2.14. The van der Waals surface area contributed by atoms with Crippen molar-refractivity contribution in [3.8, 4) is 39.2 Å². The van der Waals surface area contributed by atoms with Gasteiger partial charge in [0.25, 0.3) is 0 Å². The van der Waals surface area contributed by atoms with Crippen LogP contribution in [0.3, 0.4) is 0 Å². The largest absolute Gasteiger partial charge is 0.309 e. The first-order valence-electron chi connectivity index (χ1n) is 20.1. The molecule has 8 aromatic carbocycles. The highest BCUT2D eigenvalue weighted by Gasteiger charge is 2.35. The van der Waals surface area contributed by atoms with Crippen LogP contribution in [0.4, 0.5) is 17.1 Å². The molecule has 2 heterocycles. The highest BCUT2D eigenvalue weighted by molar-refractivity contribution is 6.10. The van der Waals surface area contributed by atoms with Crippen LogP contribution in [-0.2, 0) is 5.41 Å². The van der Waals surface area contributed by atoms with E-state index in [4.69, 9.17) is 4.98 Å². The Morgan fingerprint density at radius 1 is 0.466 bits per heavy atom. The fourth-order valence-electron chi connectivity index (χ4n) is 9.29. The SMILES string of the molecule is Cc1ccc2c(c1)c1cc(-c3ccc(N(c4ccc(-c5ccc6c(c5)C(C)(C)c5ccccc5-6)cc4)c4ccc5ccccc5c4)cn3)ccc1n2-c1ccccc1. The van der Waals surface area contributed by atoms with Crippen molar-refractivity contribution in [3.63, 3.8) is 0 Å². The molecule has 0 spiro atoms. The zero-order valence-corrected chi connectivity index (χ0v) is 32.8. The van der Waals surface area contributed by atoms with Crippen molar-refractivity contribution in [2.75, 3.05) is 4.90 Å². The van der Waals surface area contributed by atoms with E-state index in [1.54, 1.807) is 0 Å². The minimum absolute atomic E-state index is 0.0419. The molecular weight excluding hydrogens is 703 g/mol. The zero-order chi connectivity index (χ0) is 39.0. The third kappa shape index (κ3) is 5.46. The molecule has 10 aromatic rings. The van der Waals surface area contributed by atoms with Gasteiger partial charge in [-0.15, -0.1) is 0 Å². The van der Waals surface area contributed by atoms with Gasteiger partial charge in [-0.25, -0.2) is 0 Å². The first-order valence-corrected chi connectivity index (χ1v) is 20.1. The van der Waals surface area contributed by atoms with Crippen LogP contribution < -0.4 is 4.90 Å². The fourth-order valence-corrected chi connectivity index (χ4v) is 9.29. The Morgan fingerprint density at radius 3 is 1.93 bits per heavy atom. The number of hydrogen-bond acceptors (Lipinski definition) is 2. The predicted octanol–water partition coefficient (Wildman–Crippen LogP) is 14.8. The molecule has 3 nitrogen and oxygen atoms in total. The summed E-state index contributed by atoms with van der Waals surface area (Å²) in [5.41, 5.74) is 17.9. The lowest BCUT2D eigenvalue weighted by Gasteiger charge is -2.26. The molecule has 0 fully saturated rings. The summed E-state index contributed by atoms with van der Waals surface area (Å²) in [6, 6.07) is 68.5. The van der Waals surface area contributed by atoms with Gasteiger partial charge >= 0.3 is 0 Å². The highest BCUT2D eigenvalue weighted by Crippen LogP contribution is 2.49. The van der Waals surface area contributed by atoms with Gasteiger partial charge in [0.1, 0.15) is 0 Å². The zero-order valence-electron chi connectivity index (χ0n) is 32.8. The summed E-state index contributed by atoms with van der Waals surface area (Å²) in [6.07, 6.45) is 2.01. The summed E-state index contributed by atoms with van der Waals surface area (Å²) in [7, 11) is 0. The van der Waals surface area contributed by atoms with Crippen LogP contribution in [0.5, 0.6) is 0 Å². The molecule has 276 valence electrons. The number of anilines is 3. The summed E-state index contributed by atoms with van der Waals surface area (Å²) in [5, 5.41) is 4.89. The Kier molecular flexibility index (Phi) is 7.74. The molecule has 0 atom stereocenters. The fraction of sp³-hybridized carbons (Fsp3) is 0.0727. The van der Waals surface area contributed by atoms with E-state index in [2.05, 4.69) is 218 Å². The summed E-state index contributed by atoms with van der Waals surface area (Å²) < 4.78 is 2.36. The molecule has 1 aliphatic carbocycles. The van der Waals surface area contributed by atoms with Crippen molar-refractivity contribution in [2.45, 2.75) is 26.2 Å². The molecule has 0 saturated heterocycles. The summed E-state index contributed by atoms with van der Waals surface area (Å²) in [5.74, 6) is 0. The van der Waals surface area contributed by atoms with E-state index in [9.17, 15) is 0 Å². The van der Waals surface area contributed by atoms with Crippen molar-refractivity contribution < 1.29 is 0 Å². The molecular formula is C55H41N3. The summed E-state index contributed by atoms with van der Waals surface area (Å²) >= 11 is 0. The second-order valence-electron chi connectivity index (χ2n) is 16.2. The van der Waals surface area contributed by atoms with Crippen molar-refractivity contribution in [3.05, 3.63) is 211 Å². The van der Waals surface area contributed by atoms with Crippen LogP contribution in [0.1, 0.15) is 30.5 Å². The number of nitrogens with zero attached hydrogens (tertiary/aromatic N) is 3. The first-order chi connectivity index (χ1) is 28.4. The number of benzene rings is 8. The maximum atomic E-state index is 5.13. The standard InChI is InChI=1S/C55H41N3/c1-36-17-29-53-48(31-36)49-33-41(22-30-54(49)58(53)42-13-5-4-6-14-42)52-28-26-45(35-56-52)57(44-25-20-37-11-7-8-12-39(37)32-44)43-23-18-38(19-24-43)40-21-27-47-46-15-9-10-16-50(46)55(2,3)51(47)34-40/h4-35H,1-3H3. The number of aryl methyl sites for hydroxylation is 1. The van der Waals surface area contributed by atoms with E-state index in [0.29, 0.717) is 0 Å². The molecule has 58 heavy (non-hydrogen) atoms. The van der Waals surface area contributed by atoms with Gasteiger partial charge in [-0.3, -0.25) is 4.98 Å². The Labute approximate surface area is 339 Å². The van der Waals surface area contributed by atoms with Gasteiger partial charge < -0.3 is 9.47 Å². The minimum atomic E-state index is -0.0419. The Hall–Kier alpha value is -7.23. The second-order valence-corrected chi connectivity index (χ2v) is 16.2. The van der Waals surface area contributed by atoms with Gasteiger partial charge in [-0.1, -0.05) is 129 Å². The lowest BCUT2D eigenvalue weighted by atomic mass is 9.81. The number of para-hydroxylation sites is 1. The number of rotatable bonds is 6. The van der Waals surface area contributed by atoms with Crippen molar-refractivity contribution in [1.82, 2.24) is 9.55 Å². The van der Waals surface area contributed by atoms with Crippen molar-refractivity contribution in [1.29, 1.82) is 0 Å². The highest BCUT2D eigenvalue weighted by atomic mass is 15.1. The van der Waals surface area contributed by atoms with Crippen LogP contribution >= 0.6 is 0 Å². The third-order valence-corrected chi connectivity index (χ3v) is 12.3. The predicted molar refractivity (Wildman–Crippen MR) is 244 cm³/mol. The van der Waals surface area contributed by atoms with Crippen LogP contribution in [0, 0.1) is 6.92 Å². The average molecular weight is 744 g/mol. The maximum Gasteiger partial charge on any atom is 0.0703 e. The molecule has 0 N–H and O–H groups in total. The third-order valence-electron chi connectivity index (χ3n) is 12.3. The van der Waals surface area contributed by atoms with Gasteiger partial charge in [0, 0.05) is 38.8 Å². The lowest BCUT2D eigenvalue weighted by molar-refractivity contribution is 0.660. The van der Waals surface area contributed by atoms with Crippen molar-refractivity contribution in [2.24, 2.45) is 0 Å². The molecule has 0 amide bonds. The monoisotopic (exact) mass is 743 g/mol. The normalized spacial score (nSPS) is 12.9. The summed E-state index contributed by atoms with van der Waals surface area (Å²) in [4.78, 5) is 7.45. The maximum absolute atomic E-state index is 5.13. The van der Waals surface area contributed by atoms with E-state index >= 15 is 0 Å². The van der Waals surface area contributed by atoms with Crippen LogP contribution in [-0.4, -0.2) is 9.55 Å². The topological polar surface area (TPSA) is 21.1 Å². The Morgan fingerprint density at radius 2 is 1.12 bits per heavy atom. The number of aromatic nitrogens is 2. The van der Waals surface area contributed by atoms with E-state index in [-0.39, 0.29) is 5.41 Å². The second kappa shape index (κ2) is 13.2. The van der Waals surface area contributed by atoms with Gasteiger partial charge in [0.15, 0.2) is 0 Å². The van der Waals surface area contributed by atoms with Gasteiger partial charge in [-0.05, 0) is 130 Å². The molecule has 0 saturated carbocycles. The quantitative estimate of drug-likeness (QED) is 0.169. The molecule has 0 bridgehead atoms. The van der Waals surface area contributed by atoms with E-state index in [1.807, 2.05) is 6.20 Å².